The van der Waals surface area contributed by atoms with E-state index in [1.165, 1.54) is 22.6 Å². The van der Waals surface area contributed by atoms with Crippen LogP contribution in [0.25, 0.3) is 0 Å². The number of benzene rings is 1. The second kappa shape index (κ2) is 6.31. The first-order chi connectivity index (χ1) is 10.3. The van der Waals surface area contributed by atoms with Gasteiger partial charge in [-0.2, -0.15) is 5.10 Å². The number of fused-ring (bicyclic) bond motifs is 1. The van der Waals surface area contributed by atoms with Crippen LogP contribution in [0.5, 0.6) is 0 Å². The second-order valence-electron chi connectivity index (χ2n) is 5.52. The first-order valence-corrected chi connectivity index (χ1v) is 7.91. The van der Waals surface area contributed by atoms with Crippen molar-refractivity contribution < 1.29 is 0 Å². The van der Waals surface area contributed by atoms with Crippen molar-refractivity contribution in [2.24, 2.45) is 0 Å². The average molecular weight is 284 g/mol. The molecular weight excluding hydrogens is 260 g/mol. The molecule has 0 amide bonds. The molecule has 0 radical (unpaired) electrons. The van der Waals surface area contributed by atoms with E-state index >= 15 is 0 Å². The number of aryl methyl sites for hydroxylation is 2. The predicted molar refractivity (Wildman–Crippen MR) is 86.5 cm³/mol. The summed E-state index contributed by atoms with van der Waals surface area (Å²) in [7, 11) is 0. The third kappa shape index (κ3) is 2.95. The lowest BCUT2D eigenvalue weighted by Gasteiger charge is -2.24. The van der Waals surface area contributed by atoms with E-state index in [-0.39, 0.29) is 0 Å². The van der Waals surface area contributed by atoms with Crippen LogP contribution in [0.2, 0.25) is 0 Å². The van der Waals surface area contributed by atoms with E-state index in [4.69, 9.17) is 0 Å². The lowest BCUT2D eigenvalue weighted by molar-refractivity contribution is 0.599. The standard InChI is InChI=1S/C17H24N4/c1-3-15-11-16(21(4-2)19-15)13-20-10-9-18-12-14-7-5-6-8-17(14)20/h5-8,11,18H,3-4,9-10,12-13H2,1-2H3. The summed E-state index contributed by atoms with van der Waals surface area (Å²) in [5.74, 6) is 0. The minimum absolute atomic E-state index is 0.930. The van der Waals surface area contributed by atoms with E-state index in [2.05, 4.69) is 64.2 Å². The van der Waals surface area contributed by atoms with E-state index in [0.29, 0.717) is 0 Å². The molecular formula is C17H24N4. The average Bonchev–Trinajstić information content (AvgIpc) is 2.81. The van der Waals surface area contributed by atoms with Gasteiger partial charge in [0.1, 0.15) is 0 Å². The summed E-state index contributed by atoms with van der Waals surface area (Å²) in [4.78, 5) is 2.47. The lowest BCUT2D eigenvalue weighted by atomic mass is 10.1. The van der Waals surface area contributed by atoms with Gasteiger partial charge >= 0.3 is 0 Å². The van der Waals surface area contributed by atoms with Gasteiger partial charge in [-0.3, -0.25) is 4.68 Å². The van der Waals surface area contributed by atoms with Gasteiger partial charge in [0.05, 0.1) is 17.9 Å². The Morgan fingerprint density at radius 3 is 2.90 bits per heavy atom. The monoisotopic (exact) mass is 284 g/mol. The molecule has 0 saturated heterocycles. The number of hydrogen-bond acceptors (Lipinski definition) is 3. The number of hydrogen-bond donors (Lipinski definition) is 1. The Morgan fingerprint density at radius 2 is 2.10 bits per heavy atom. The molecule has 0 atom stereocenters. The highest BCUT2D eigenvalue weighted by molar-refractivity contribution is 5.54. The number of anilines is 1. The Morgan fingerprint density at radius 1 is 1.24 bits per heavy atom. The van der Waals surface area contributed by atoms with Crippen molar-refractivity contribution in [3.05, 3.63) is 47.3 Å². The van der Waals surface area contributed by atoms with E-state index in [1.807, 2.05) is 0 Å². The molecule has 21 heavy (non-hydrogen) atoms. The Bertz CT molecular complexity index is 603. The van der Waals surface area contributed by atoms with Crippen molar-refractivity contribution >= 4 is 5.69 Å². The third-order valence-corrected chi connectivity index (χ3v) is 4.13. The maximum absolute atomic E-state index is 4.67. The molecule has 0 fully saturated rings. The van der Waals surface area contributed by atoms with Crippen LogP contribution in [0.4, 0.5) is 5.69 Å². The number of rotatable bonds is 4. The molecule has 112 valence electrons. The fourth-order valence-corrected chi connectivity index (χ4v) is 2.97. The first kappa shape index (κ1) is 14.1. The number of nitrogens with one attached hydrogen (secondary N) is 1. The Hall–Kier alpha value is -1.81. The minimum atomic E-state index is 0.930. The molecule has 4 heteroatoms. The molecule has 4 nitrogen and oxygen atoms in total. The number of aromatic nitrogens is 2. The molecule has 0 spiro atoms. The number of para-hydroxylation sites is 1. The SMILES string of the molecule is CCc1cc(CN2CCNCc3ccccc32)n(CC)n1. The smallest absolute Gasteiger partial charge is 0.0625 e. The molecule has 0 saturated carbocycles. The van der Waals surface area contributed by atoms with Gasteiger partial charge in [-0.25, -0.2) is 0 Å². The van der Waals surface area contributed by atoms with Crippen LogP contribution in [0, 0.1) is 0 Å². The van der Waals surface area contributed by atoms with Crippen LogP contribution in [-0.4, -0.2) is 22.9 Å². The largest absolute Gasteiger partial charge is 0.364 e. The van der Waals surface area contributed by atoms with Crippen LogP contribution in [0.1, 0.15) is 30.8 Å². The van der Waals surface area contributed by atoms with E-state index in [1.54, 1.807) is 0 Å². The molecule has 2 heterocycles. The van der Waals surface area contributed by atoms with Gasteiger partial charge < -0.3 is 10.2 Å². The van der Waals surface area contributed by atoms with Crippen molar-refractivity contribution in [1.29, 1.82) is 0 Å². The molecule has 1 N–H and O–H groups in total. The zero-order chi connectivity index (χ0) is 14.7. The number of nitrogens with zero attached hydrogens (tertiary/aromatic N) is 3. The summed E-state index contributed by atoms with van der Waals surface area (Å²) >= 11 is 0. The van der Waals surface area contributed by atoms with Crippen molar-refractivity contribution in [3.8, 4) is 0 Å². The van der Waals surface area contributed by atoms with Gasteiger partial charge in [-0.15, -0.1) is 0 Å². The second-order valence-corrected chi connectivity index (χ2v) is 5.52. The van der Waals surface area contributed by atoms with E-state index < -0.39 is 0 Å². The molecule has 1 aliphatic heterocycles. The summed E-state index contributed by atoms with van der Waals surface area (Å²) in [5.41, 5.74) is 5.23. The molecule has 1 aromatic heterocycles. The molecule has 0 bridgehead atoms. The van der Waals surface area contributed by atoms with Crippen molar-refractivity contribution in [2.75, 3.05) is 18.0 Å². The summed E-state index contributed by atoms with van der Waals surface area (Å²) in [5, 5.41) is 8.17. The lowest BCUT2D eigenvalue weighted by Crippen LogP contribution is -2.29. The minimum Gasteiger partial charge on any atom is -0.364 e. The Labute approximate surface area is 126 Å². The summed E-state index contributed by atoms with van der Waals surface area (Å²) < 4.78 is 2.14. The van der Waals surface area contributed by atoms with Gasteiger partial charge in [0.2, 0.25) is 0 Å². The fraction of sp³-hybridized carbons (Fsp3) is 0.471. The van der Waals surface area contributed by atoms with Gasteiger partial charge in [-0.05, 0) is 31.0 Å². The normalized spacial score (nSPS) is 14.9. The predicted octanol–water partition coefficient (Wildman–Crippen LogP) is 2.58. The van der Waals surface area contributed by atoms with Crippen molar-refractivity contribution in [1.82, 2.24) is 15.1 Å². The van der Waals surface area contributed by atoms with Crippen molar-refractivity contribution in [3.63, 3.8) is 0 Å². The molecule has 0 unspecified atom stereocenters. The van der Waals surface area contributed by atoms with Crippen LogP contribution >= 0.6 is 0 Å². The van der Waals surface area contributed by atoms with Gasteiger partial charge in [-0.1, -0.05) is 25.1 Å². The maximum Gasteiger partial charge on any atom is 0.0625 e. The molecule has 3 rings (SSSR count). The highest BCUT2D eigenvalue weighted by atomic mass is 15.3. The van der Waals surface area contributed by atoms with Gasteiger partial charge in [0.15, 0.2) is 0 Å². The Balaban J connectivity index is 1.89. The van der Waals surface area contributed by atoms with Gasteiger partial charge in [0, 0.05) is 31.9 Å². The zero-order valence-corrected chi connectivity index (χ0v) is 13.0. The van der Waals surface area contributed by atoms with Crippen LogP contribution in [0.3, 0.4) is 0 Å². The van der Waals surface area contributed by atoms with Crippen LogP contribution in [0.15, 0.2) is 30.3 Å². The highest BCUT2D eigenvalue weighted by Gasteiger charge is 2.16. The molecule has 1 aliphatic rings. The summed E-state index contributed by atoms with van der Waals surface area (Å²) in [6.07, 6.45) is 0.998. The summed E-state index contributed by atoms with van der Waals surface area (Å²) in [6, 6.07) is 11.0. The van der Waals surface area contributed by atoms with Crippen LogP contribution in [-0.2, 0) is 26.1 Å². The topological polar surface area (TPSA) is 33.1 Å². The van der Waals surface area contributed by atoms with E-state index in [9.17, 15) is 0 Å². The Kier molecular flexibility index (Phi) is 4.25. The first-order valence-electron chi connectivity index (χ1n) is 7.91. The fourth-order valence-electron chi connectivity index (χ4n) is 2.97. The molecule has 1 aromatic carbocycles. The highest BCUT2D eigenvalue weighted by Crippen LogP contribution is 2.24. The van der Waals surface area contributed by atoms with Crippen LogP contribution < -0.4 is 10.2 Å². The summed E-state index contributed by atoms with van der Waals surface area (Å²) in [6.45, 7) is 9.20. The molecule has 2 aromatic rings. The molecule has 0 aliphatic carbocycles. The quantitative estimate of drug-likeness (QED) is 0.937. The maximum atomic E-state index is 4.67. The van der Waals surface area contributed by atoms with Gasteiger partial charge in [0.25, 0.3) is 0 Å². The zero-order valence-electron chi connectivity index (χ0n) is 13.0. The van der Waals surface area contributed by atoms with Crippen molar-refractivity contribution in [2.45, 2.75) is 39.9 Å². The van der Waals surface area contributed by atoms with E-state index in [0.717, 1.165) is 39.1 Å². The third-order valence-electron chi connectivity index (χ3n) is 4.13.